The number of aromatic nitrogens is 5. The monoisotopic (exact) mass is 492 g/mol. The molecule has 0 saturated heterocycles. The SMILES string of the molecule is CC(C)(C#N)c1cc(-n2c3nc(Nc4ccc5c(c4)CCNC54CC4)ncc3c(=O)n2C2CC2)ccn1. The Morgan fingerprint density at radius 1 is 1.19 bits per heavy atom. The maximum absolute atomic E-state index is 13.4. The van der Waals surface area contributed by atoms with Gasteiger partial charge in [0.2, 0.25) is 5.95 Å². The van der Waals surface area contributed by atoms with Crippen LogP contribution in [0, 0.1) is 11.3 Å². The highest BCUT2D eigenvalue weighted by atomic mass is 16.1. The molecule has 3 aliphatic rings. The van der Waals surface area contributed by atoms with E-state index < -0.39 is 5.41 Å². The summed E-state index contributed by atoms with van der Waals surface area (Å²) in [6.07, 6.45) is 8.59. The van der Waals surface area contributed by atoms with E-state index in [1.54, 1.807) is 17.1 Å². The number of fused-ring (bicyclic) bond motifs is 3. The predicted octanol–water partition coefficient (Wildman–Crippen LogP) is 3.99. The van der Waals surface area contributed by atoms with Gasteiger partial charge in [0.25, 0.3) is 5.56 Å². The summed E-state index contributed by atoms with van der Waals surface area (Å²) in [4.78, 5) is 27.2. The van der Waals surface area contributed by atoms with Crippen LogP contribution < -0.4 is 16.2 Å². The molecule has 4 heterocycles. The number of benzene rings is 1. The van der Waals surface area contributed by atoms with E-state index in [-0.39, 0.29) is 17.1 Å². The minimum atomic E-state index is -0.758. The van der Waals surface area contributed by atoms with Gasteiger partial charge in [0, 0.05) is 30.2 Å². The number of nitrogens with zero attached hydrogens (tertiary/aromatic N) is 6. The number of anilines is 2. The summed E-state index contributed by atoms with van der Waals surface area (Å²) in [6, 6.07) is 12.7. The Hall–Kier alpha value is -4.03. The largest absolute Gasteiger partial charge is 0.324 e. The van der Waals surface area contributed by atoms with Gasteiger partial charge in [0.1, 0.15) is 5.39 Å². The van der Waals surface area contributed by atoms with E-state index in [4.69, 9.17) is 4.98 Å². The van der Waals surface area contributed by atoms with Gasteiger partial charge in [-0.05, 0) is 81.3 Å². The third-order valence-electron chi connectivity index (χ3n) is 7.91. The predicted molar refractivity (Wildman–Crippen MR) is 140 cm³/mol. The van der Waals surface area contributed by atoms with Gasteiger partial charge in [-0.25, -0.2) is 14.3 Å². The van der Waals surface area contributed by atoms with E-state index in [0.29, 0.717) is 22.7 Å². The lowest BCUT2D eigenvalue weighted by Crippen LogP contribution is -2.36. The van der Waals surface area contributed by atoms with E-state index in [0.717, 1.165) is 37.2 Å². The lowest BCUT2D eigenvalue weighted by Gasteiger charge is -2.27. The van der Waals surface area contributed by atoms with Crippen molar-refractivity contribution in [2.45, 2.75) is 62.9 Å². The van der Waals surface area contributed by atoms with Crippen molar-refractivity contribution in [1.29, 1.82) is 5.26 Å². The van der Waals surface area contributed by atoms with Gasteiger partial charge in [-0.2, -0.15) is 10.2 Å². The first-order valence-electron chi connectivity index (χ1n) is 12.9. The molecule has 2 saturated carbocycles. The number of nitrogens with one attached hydrogen (secondary N) is 2. The Kier molecular flexibility index (Phi) is 4.64. The van der Waals surface area contributed by atoms with Crippen molar-refractivity contribution >= 4 is 22.7 Å². The van der Waals surface area contributed by atoms with Gasteiger partial charge in [-0.3, -0.25) is 9.78 Å². The van der Waals surface area contributed by atoms with Crippen LogP contribution in [0.3, 0.4) is 0 Å². The van der Waals surface area contributed by atoms with E-state index in [2.05, 4.69) is 44.9 Å². The molecule has 0 atom stereocenters. The summed E-state index contributed by atoms with van der Waals surface area (Å²) in [5.74, 6) is 0.441. The summed E-state index contributed by atoms with van der Waals surface area (Å²) in [7, 11) is 0. The molecule has 4 aromatic rings. The molecule has 9 nitrogen and oxygen atoms in total. The molecule has 9 heteroatoms. The van der Waals surface area contributed by atoms with Crippen LogP contribution in [-0.4, -0.2) is 30.9 Å². The third-order valence-corrected chi connectivity index (χ3v) is 7.91. The standard InChI is InChI=1S/C28H28N8O/c1-27(2,16-29)23-14-20(8-11-30-23)35-24-21(25(37)36(35)19-4-5-19)15-31-26(34-24)33-18-3-6-22-17(13-18)7-12-32-28(22)9-10-28/h3,6,8,11,13-15,19,32H,4-5,7,9-10,12H2,1-2H3,(H,31,33,34). The summed E-state index contributed by atoms with van der Waals surface area (Å²) in [5, 5.41) is 17.2. The van der Waals surface area contributed by atoms with Crippen molar-refractivity contribution in [2.24, 2.45) is 0 Å². The van der Waals surface area contributed by atoms with Crippen LogP contribution in [0.5, 0.6) is 0 Å². The smallest absolute Gasteiger partial charge is 0.278 e. The fraction of sp³-hybridized carbons (Fsp3) is 0.393. The van der Waals surface area contributed by atoms with Gasteiger partial charge in [-0.15, -0.1) is 0 Å². The average molecular weight is 493 g/mol. The summed E-state index contributed by atoms with van der Waals surface area (Å²) in [5.41, 5.74) is 4.99. The van der Waals surface area contributed by atoms with Gasteiger partial charge >= 0.3 is 0 Å². The molecule has 186 valence electrons. The molecular formula is C28H28N8O. The first kappa shape index (κ1) is 22.2. The number of nitriles is 1. The summed E-state index contributed by atoms with van der Waals surface area (Å²) < 4.78 is 3.65. The first-order valence-corrected chi connectivity index (χ1v) is 12.9. The quantitative estimate of drug-likeness (QED) is 0.433. The second kappa shape index (κ2) is 7.73. The van der Waals surface area contributed by atoms with Crippen molar-refractivity contribution in [3.05, 3.63) is 69.9 Å². The molecule has 1 aromatic carbocycles. The third kappa shape index (κ3) is 3.55. The molecule has 1 aliphatic heterocycles. The van der Waals surface area contributed by atoms with Crippen LogP contribution in [0.15, 0.2) is 47.5 Å². The molecule has 2 aliphatic carbocycles. The first-order chi connectivity index (χ1) is 17.9. The maximum atomic E-state index is 13.4. The summed E-state index contributed by atoms with van der Waals surface area (Å²) in [6.45, 7) is 4.67. The molecule has 0 amide bonds. The van der Waals surface area contributed by atoms with E-state index in [1.165, 1.54) is 24.0 Å². The topological polar surface area (TPSA) is 113 Å². The fourth-order valence-corrected chi connectivity index (χ4v) is 5.48. The van der Waals surface area contributed by atoms with Crippen LogP contribution in [0.2, 0.25) is 0 Å². The highest BCUT2D eigenvalue weighted by Gasteiger charge is 2.46. The summed E-state index contributed by atoms with van der Waals surface area (Å²) >= 11 is 0. The molecule has 3 aromatic heterocycles. The molecule has 37 heavy (non-hydrogen) atoms. The van der Waals surface area contributed by atoms with Crippen LogP contribution in [0.25, 0.3) is 16.7 Å². The van der Waals surface area contributed by atoms with Crippen molar-refractivity contribution in [1.82, 2.24) is 29.6 Å². The zero-order valence-electron chi connectivity index (χ0n) is 21.0. The lowest BCUT2D eigenvalue weighted by atomic mass is 9.91. The molecule has 0 radical (unpaired) electrons. The zero-order valence-corrected chi connectivity index (χ0v) is 21.0. The molecule has 2 N–H and O–H groups in total. The highest BCUT2D eigenvalue weighted by Crippen LogP contribution is 2.49. The van der Waals surface area contributed by atoms with Gasteiger partial charge < -0.3 is 10.6 Å². The van der Waals surface area contributed by atoms with Crippen LogP contribution in [-0.2, 0) is 17.4 Å². The Bertz CT molecular complexity index is 1670. The van der Waals surface area contributed by atoms with Crippen LogP contribution in [0.1, 0.15) is 62.4 Å². The normalized spacial score (nSPS) is 18.0. The molecule has 0 unspecified atom stereocenters. The second-order valence-corrected chi connectivity index (χ2v) is 11.0. The van der Waals surface area contributed by atoms with Gasteiger partial charge in [-0.1, -0.05) is 6.07 Å². The Labute approximate surface area is 214 Å². The Morgan fingerprint density at radius 2 is 2.03 bits per heavy atom. The second-order valence-electron chi connectivity index (χ2n) is 11.0. The molecule has 2 fully saturated rings. The van der Waals surface area contributed by atoms with Gasteiger partial charge in [0.15, 0.2) is 5.65 Å². The van der Waals surface area contributed by atoms with Crippen LogP contribution >= 0.6 is 0 Å². The molecule has 7 rings (SSSR count). The van der Waals surface area contributed by atoms with Crippen molar-refractivity contribution in [2.75, 3.05) is 11.9 Å². The minimum absolute atomic E-state index is 0.0991. The van der Waals surface area contributed by atoms with Crippen molar-refractivity contribution < 1.29 is 0 Å². The fourth-order valence-electron chi connectivity index (χ4n) is 5.48. The number of pyridine rings is 1. The maximum Gasteiger partial charge on any atom is 0.278 e. The Balaban J connectivity index is 1.32. The van der Waals surface area contributed by atoms with Crippen molar-refractivity contribution in [3.63, 3.8) is 0 Å². The van der Waals surface area contributed by atoms with E-state index in [9.17, 15) is 10.1 Å². The minimum Gasteiger partial charge on any atom is -0.324 e. The molecule has 0 bridgehead atoms. The highest BCUT2D eigenvalue weighted by molar-refractivity contribution is 5.77. The zero-order chi connectivity index (χ0) is 25.4. The number of hydrogen-bond acceptors (Lipinski definition) is 7. The lowest BCUT2D eigenvalue weighted by molar-refractivity contribution is 0.490. The average Bonchev–Trinajstić information content (AvgIpc) is 3.84. The molecule has 1 spiro atoms. The van der Waals surface area contributed by atoms with E-state index >= 15 is 0 Å². The number of hydrogen-bond donors (Lipinski definition) is 2. The van der Waals surface area contributed by atoms with Crippen molar-refractivity contribution in [3.8, 4) is 11.8 Å². The van der Waals surface area contributed by atoms with E-state index in [1.807, 2.05) is 30.7 Å². The number of rotatable bonds is 5. The Morgan fingerprint density at radius 3 is 2.78 bits per heavy atom. The van der Waals surface area contributed by atoms with Gasteiger partial charge in [0.05, 0.1) is 28.9 Å². The molecular weight excluding hydrogens is 464 g/mol. The van der Waals surface area contributed by atoms with Crippen LogP contribution in [0.4, 0.5) is 11.6 Å².